The normalized spacial score (nSPS) is 20.2. The number of benzene rings is 1. The van der Waals surface area contributed by atoms with Gasteiger partial charge in [-0.15, -0.1) is 0 Å². The van der Waals surface area contributed by atoms with Crippen LogP contribution < -0.4 is 5.73 Å². The van der Waals surface area contributed by atoms with Crippen LogP contribution in [-0.4, -0.2) is 72.1 Å². The van der Waals surface area contributed by atoms with Crippen LogP contribution in [0.25, 0.3) is 0 Å². The molecule has 0 aromatic heterocycles. The SMILES string of the molecule is CC(C)[C@@H](N)C(=O)OC(C)(C)C(=O)OCOC(=O)[C@@H]1C[C@@H](C2CCCCC2)CN1C(=O)C[P+](=O)CCCCc1ccccc1. The van der Waals surface area contributed by atoms with Crippen LogP contribution in [0.1, 0.15) is 84.6 Å². The van der Waals surface area contributed by atoms with Gasteiger partial charge >= 0.3 is 25.7 Å². The van der Waals surface area contributed by atoms with Crippen LogP contribution in [0, 0.1) is 17.8 Å². The van der Waals surface area contributed by atoms with Gasteiger partial charge in [-0.1, -0.05) is 80.8 Å². The Balaban J connectivity index is 1.53. The third-order valence-corrected chi connectivity index (χ3v) is 10.2. The first-order valence-electron chi connectivity index (χ1n) is 16.0. The summed E-state index contributed by atoms with van der Waals surface area (Å²) in [6.45, 7) is 6.01. The molecule has 44 heavy (non-hydrogen) atoms. The maximum atomic E-state index is 13.4. The Hall–Kier alpha value is -2.84. The zero-order chi connectivity index (χ0) is 32.3. The number of rotatable bonds is 15. The van der Waals surface area contributed by atoms with Gasteiger partial charge in [0.2, 0.25) is 18.6 Å². The summed E-state index contributed by atoms with van der Waals surface area (Å²) in [5.74, 6) is -2.19. The summed E-state index contributed by atoms with van der Waals surface area (Å²) in [6.07, 6.45) is 8.97. The van der Waals surface area contributed by atoms with E-state index in [0.717, 1.165) is 44.9 Å². The number of likely N-dealkylation sites (tertiary alicyclic amines) is 1. The number of unbranched alkanes of at least 4 members (excludes halogenated alkanes) is 1. The molecule has 1 unspecified atom stereocenters. The van der Waals surface area contributed by atoms with Crippen LogP contribution in [0.15, 0.2) is 30.3 Å². The smallest absolute Gasteiger partial charge is 0.352 e. The molecule has 2 N–H and O–H groups in total. The maximum Gasteiger partial charge on any atom is 0.352 e. The van der Waals surface area contributed by atoms with Gasteiger partial charge in [-0.05, 0) is 62.8 Å². The molecule has 1 saturated carbocycles. The van der Waals surface area contributed by atoms with E-state index in [1.54, 1.807) is 13.8 Å². The summed E-state index contributed by atoms with van der Waals surface area (Å²) in [6, 6.07) is 8.39. The lowest BCUT2D eigenvalue weighted by Crippen LogP contribution is -2.46. The summed E-state index contributed by atoms with van der Waals surface area (Å²) in [7, 11) is -1.75. The number of carbonyl (C=O) groups is 4. The first-order chi connectivity index (χ1) is 20.9. The highest BCUT2D eigenvalue weighted by Crippen LogP contribution is 2.38. The highest BCUT2D eigenvalue weighted by atomic mass is 31.1. The topological polar surface area (TPSA) is 142 Å². The van der Waals surface area contributed by atoms with Crippen molar-refractivity contribution in [1.29, 1.82) is 0 Å². The van der Waals surface area contributed by atoms with E-state index in [1.807, 2.05) is 18.2 Å². The van der Waals surface area contributed by atoms with Gasteiger partial charge in [0.25, 0.3) is 5.91 Å². The molecule has 1 saturated heterocycles. The molecule has 0 radical (unpaired) electrons. The molecule has 11 heteroatoms. The lowest BCUT2D eigenvalue weighted by Gasteiger charge is -2.27. The number of carbonyl (C=O) groups excluding carboxylic acids is 4. The van der Waals surface area contributed by atoms with E-state index in [-0.39, 0.29) is 23.9 Å². The molecular weight excluding hydrogens is 583 g/mol. The summed E-state index contributed by atoms with van der Waals surface area (Å²) >= 11 is 0. The summed E-state index contributed by atoms with van der Waals surface area (Å²) in [4.78, 5) is 52.9. The number of ether oxygens (including phenoxy) is 3. The summed E-state index contributed by atoms with van der Waals surface area (Å²) < 4.78 is 28.5. The molecule has 1 amide bonds. The molecule has 244 valence electrons. The number of nitrogens with zero attached hydrogens (tertiary/aromatic N) is 1. The second-order valence-electron chi connectivity index (χ2n) is 13.0. The molecule has 0 spiro atoms. The Bertz CT molecular complexity index is 1140. The van der Waals surface area contributed by atoms with Crippen LogP contribution in [0.5, 0.6) is 0 Å². The average molecular weight is 634 g/mol. The fourth-order valence-electron chi connectivity index (χ4n) is 5.94. The van der Waals surface area contributed by atoms with E-state index in [2.05, 4.69) is 12.1 Å². The zero-order valence-corrected chi connectivity index (χ0v) is 27.6. The van der Waals surface area contributed by atoms with E-state index in [0.29, 0.717) is 25.0 Å². The molecule has 10 nitrogen and oxygen atoms in total. The van der Waals surface area contributed by atoms with Crippen molar-refractivity contribution in [3.8, 4) is 0 Å². The molecule has 2 aliphatic rings. The Kier molecular flexibility index (Phi) is 13.8. The number of hydrogen-bond donors (Lipinski definition) is 1. The molecule has 1 aliphatic carbocycles. The van der Waals surface area contributed by atoms with Crippen LogP contribution >= 0.6 is 7.80 Å². The van der Waals surface area contributed by atoms with Crippen molar-refractivity contribution in [2.24, 2.45) is 23.5 Å². The predicted octanol–water partition coefficient (Wildman–Crippen LogP) is 4.98. The van der Waals surface area contributed by atoms with Crippen molar-refractivity contribution in [2.75, 3.05) is 25.7 Å². The molecular formula is C33H50N2O8P+. The first kappa shape index (κ1) is 35.6. The summed E-state index contributed by atoms with van der Waals surface area (Å²) in [5, 5.41) is 0. The van der Waals surface area contributed by atoms with Gasteiger partial charge in [0.15, 0.2) is 0 Å². The second kappa shape index (κ2) is 17.0. The van der Waals surface area contributed by atoms with Gasteiger partial charge < -0.3 is 24.8 Å². The van der Waals surface area contributed by atoms with Gasteiger partial charge in [0.05, 0.1) is 0 Å². The Morgan fingerprint density at radius 1 is 1.00 bits per heavy atom. The van der Waals surface area contributed by atoms with Crippen LogP contribution in [0.3, 0.4) is 0 Å². The fraction of sp³-hybridized carbons (Fsp3) is 0.697. The summed E-state index contributed by atoms with van der Waals surface area (Å²) in [5.41, 5.74) is 5.41. The number of nitrogens with two attached hydrogens (primary N) is 1. The minimum atomic E-state index is -1.75. The van der Waals surface area contributed by atoms with E-state index in [4.69, 9.17) is 19.9 Å². The van der Waals surface area contributed by atoms with Crippen molar-refractivity contribution < 1.29 is 38.0 Å². The van der Waals surface area contributed by atoms with Gasteiger partial charge in [0, 0.05) is 6.54 Å². The monoisotopic (exact) mass is 633 g/mol. The molecule has 1 aromatic carbocycles. The maximum absolute atomic E-state index is 13.4. The number of aryl methyl sites for hydroxylation is 1. The van der Waals surface area contributed by atoms with Gasteiger partial charge in [-0.2, -0.15) is 0 Å². The van der Waals surface area contributed by atoms with E-state index < -0.39 is 50.2 Å². The van der Waals surface area contributed by atoms with Crippen LogP contribution in [0.4, 0.5) is 0 Å². The van der Waals surface area contributed by atoms with Gasteiger partial charge in [0.1, 0.15) is 18.2 Å². The molecule has 2 fully saturated rings. The minimum absolute atomic E-state index is 0.102. The Labute approximate surface area is 262 Å². The standard InChI is InChI=1S/C33H50N2O8P/c1-23(2)29(34)31(38)43-33(3,4)32(39)42-22-41-30(37)27-19-26(25-16-9-6-10-17-25)20-35(27)28(36)21-44(40)18-12-11-15-24-13-7-5-8-14-24/h5,7-8,13-14,23,25-27,29H,6,9-12,15-22,34H2,1-4H3/q+1/t26-,27+,29-/m1/s1. The Morgan fingerprint density at radius 2 is 1.68 bits per heavy atom. The third-order valence-electron chi connectivity index (χ3n) is 8.75. The van der Waals surface area contributed by atoms with Gasteiger partial charge in [-0.25, -0.2) is 9.59 Å². The number of hydrogen-bond acceptors (Lipinski definition) is 9. The molecule has 3 rings (SSSR count). The van der Waals surface area contributed by atoms with Gasteiger partial charge in [-0.3, -0.25) is 9.59 Å². The quantitative estimate of drug-likeness (QED) is 0.122. The molecule has 0 bridgehead atoms. The van der Waals surface area contributed by atoms with Crippen molar-refractivity contribution in [3.63, 3.8) is 0 Å². The highest BCUT2D eigenvalue weighted by Gasteiger charge is 2.45. The first-order valence-corrected chi connectivity index (χ1v) is 17.6. The average Bonchev–Trinajstić information content (AvgIpc) is 3.45. The van der Waals surface area contributed by atoms with Crippen LogP contribution in [0.2, 0.25) is 0 Å². The molecule has 1 aromatic rings. The third kappa shape index (κ3) is 10.7. The van der Waals surface area contributed by atoms with Crippen molar-refractivity contribution in [3.05, 3.63) is 35.9 Å². The second-order valence-corrected chi connectivity index (χ2v) is 14.7. The fourth-order valence-corrected chi connectivity index (χ4v) is 7.16. The lowest BCUT2D eigenvalue weighted by molar-refractivity contribution is -0.191. The lowest BCUT2D eigenvalue weighted by atomic mass is 9.79. The van der Waals surface area contributed by atoms with E-state index in [9.17, 15) is 23.7 Å². The number of amides is 1. The zero-order valence-electron chi connectivity index (χ0n) is 26.7. The van der Waals surface area contributed by atoms with Crippen molar-refractivity contribution in [1.82, 2.24) is 4.90 Å². The number of esters is 3. The van der Waals surface area contributed by atoms with E-state index >= 15 is 0 Å². The highest BCUT2D eigenvalue weighted by molar-refractivity contribution is 7.45. The molecule has 4 atom stereocenters. The molecule has 1 aliphatic heterocycles. The van der Waals surface area contributed by atoms with Crippen LogP contribution in [-0.2, 0) is 44.4 Å². The predicted molar refractivity (Wildman–Crippen MR) is 167 cm³/mol. The largest absolute Gasteiger partial charge is 0.446 e. The Morgan fingerprint density at radius 3 is 2.34 bits per heavy atom. The van der Waals surface area contributed by atoms with E-state index in [1.165, 1.54) is 30.7 Å². The minimum Gasteiger partial charge on any atom is -0.446 e. The van der Waals surface area contributed by atoms with Crippen molar-refractivity contribution in [2.45, 2.75) is 103 Å². The van der Waals surface area contributed by atoms with Crippen molar-refractivity contribution >= 4 is 31.6 Å². The molecule has 1 heterocycles.